The van der Waals surface area contributed by atoms with Gasteiger partial charge in [-0.25, -0.2) is 0 Å². The zero-order valence-corrected chi connectivity index (χ0v) is 7.50. The monoisotopic (exact) mass is 170 g/mol. The van der Waals surface area contributed by atoms with Crippen molar-refractivity contribution >= 4 is 0 Å². The van der Waals surface area contributed by atoms with E-state index >= 15 is 0 Å². The molecule has 0 aliphatic carbocycles. The van der Waals surface area contributed by atoms with E-state index < -0.39 is 0 Å². The van der Waals surface area contributed by atoms with Crippen LogP contribution in [0, 0.1) is 5.92 Å². The van der Waals surface area contributed by atoms with Gasteiger partial charge in [0.25, 0.3) is 0 Å². The van der Waals surface area contributed by atoms with Crippen molar-refractivity contribution in [2.24, 2.45) is 5.92 Å². The molecular weight excluding hydrogens is 152 g/mol. The summed E-state index contributed by atoms with van der Waals surface area (Å²) in [5.74, 6) is 0.852. The molecule has 0 spiro atoms. The third-order valence-electron chi connectivity index (χ3n) is 3.09. The van der Waals surface area contributed by atoms with E-state index in [1.54, 1.807) is 0 Å². The molecule has 70 valence electrons. The number of rotatable bonds is 2. The zero-order valence-electron chi connectivity index (χ0n) is 7.50. The molecule has 0 aromatic rings. The maximum Gasteiger partial charge on any atom is 0.0558 e. The molecule has 3 nitrogen and oxygen atoms in total. The van der Waals surface area contributed by atoms with Gasteiger partial charge in [-0.1, -0.05) is 0 Å². The Labute approximate surface area is 73.8 Å². The molecule has 0 aromatic heterocycles. The van der Waals surface area contributed by atoms with Gasteiger partial charge < -0.3 is 10.4 Å². The van der Waals surface area contributed by atoms with Crippen LogP contribution in [0.1, 0.15) is 12.8 Å². The molecule has 12 heavy (non-hydrogen) atoms. The lowest BCUT2D eigenvalue weighted by Crippen LogP contribution is -2.40. The molecule has 2 aliphatic rings. The van der Waals surface area contributed by atoms with Crippen molar-refractivity contribution < 1.29 is 5.11 Å². The van der Waals surface area contributed by atoms with Crippen molar-refractivity contribution in [1.29, 1.82) is 0 Å². The first-order valence-electron chi connectivity index (χ1n) is 4.97. The Morgan fingerprint density at radius 2 is 2.33 bits per heavy atom. The van der Waals surface area contributed by atoms with Gasteiger partial charge in [0.2, 0.25) is 0 Å². The molecule has 2 saturated heterocycles. The van der Waals surface area contributed by atoms with Crippen LogP contribution in [-0.4, -0.2) is 48.8 Å². The maximum atomic E-state index is 8.80. The van der Waals surface area contributed by atoms with Crippen LogP contribution >= 0.6 is 0 Å². The predicted octanol–water partition coefficient (Wildman–Crippen LogP) is -0.337. The first-order chi connectivity index (χ1) is 5.90. The first-order valence-corrected chi connectivity index (χ1v) is 4.97. The van der Waals surface area contributed by atoms with E-state index in [2.05, 4.69) is 10.2 Å². The molecule has 2 rings (SSSR count). The number of hydrogen-bond donors (Lipinski definition) is 2. The highest BCUT2D eigenvalue weighted by atomic mass is 16.3. The minimum absolute atomic E-state index is 0.305. The molecular formula is C9H18N2O. The summed E-state index contributed by atoms with van der Waals surface area (Å²) in [6, 6.07) is 0.713. The van der Waals surface area contributed by atoms with Crippen LogP contribution in [0.2, 0.25) is 0 Å². The molecule has 2 unspecified atom stereocenters. The summed E-state index contributed by atoms with van der Waals surface area (Å²) < 4.78 is 0. The number of likely N-dealkylation sites (tertiary alicyclic amines) is 1. The van der Waals surface area contributed by atoms with Gasteiger partial charge in [-0.05, 0) is 25.3 Å². The summed E-state index contributed by atoms with van der Waals surface area (Å²) in [5.41, 5.74) is 0. The molecule has 0 aromatic carbocycles. The van der Waals surface area contributed by atoms with Crippen LogP contribution in [0.25, 0.3) is 0 Å². The SMILES string of the molecule is OCCN1CC2CCCNC2C1. The lowest BCUT2D eigenvalue weighted by Gasteiger charge is -2.24. The summed E-state index contributed by atoms with van der Waals surface area (Å²) in [5, 5.41) is 12.3. The molecule has 0 radical (unpaired) electrons. The molecule has 2 aliphatic heterocycles. The number of nitrogens with one attached hydrogen (secondary N) is 1. The first kappa shape index (κ1) is 8.48. The Hall–Kier alpha value is -0.120. The Bertz CT molecular complexity index is 137. The second kappa shape index (κ2) is 3.73. The highest BCUT2D eigenvalue weighted by Crippen LogP contribution is 2.24. The topological polar surface area (TPSA) is 35.5 Å². The maximum absolute atomic E-state index is 8.80. The molecule has 2 atom stereocenters. The van der Waals surface area contributed by atoms with Crippen LogP contribution in [0.3, 0.4) is 0 Å². The zero-order chi connectivity index (χ0) is 8.39. The third-order valence-corrected chi connectivity index (χ3v) is 3.09. The minimum Gasteiger partial charge on any atom is -0.395 e. The third kappa shape index (κ3) is 1.63. The van der Waals surface area contributed by atoms with Crippen molar-refractivity contribution in [3.05, 3.63) is 0 Å². The van der Waals surface area contributed by atoms with Gasteiger partial charge in [0.05, 0.1) is 6.61 Å². The molecule has 0 amide bonds. The Morgan fingerprint density at radius 3 is 3.08 bits per heavy atom. The average Bonchev–Trinajstić information content (AvgIpc) is 2.47. The van der Waals surface area contributed by atoms with E-state index in [9.17, 15) is 0 Å². The summed E-state index contributed by atoms with van der Waals surface area (Å²) in [7, 11) is 0. The van der Waals surface area contributed by atoms with E-state index in [-0.39, 0.29) is 0 Å². The fourth-order valence-corrected chi connectivity index (χ4v) is 2.46. The Morgan fingerprint density at radius 1 is 1.42 bits per heavy atom. The highest BCUT2D eigenvalue weighted by molar-refractivity contribution is 4.91. The molecule has 0 saturated carbocycles. The van der Waals surface area contributed by atoms with Crippen molar-refractivity contribution in [2.75, 3.05) is 32.8 Å². The molecule has 2 heterocycles. The Balaban J connectivity index is 1.85. The lowest BCUT2D eigenvalue weighted by molar-refractivity contribution is 0.216. The van der Waals surface area contributed by atoms with Crippen LogP contribution in [0.5, 0.6) is 0 Å². The van der Waals surface area contributed by atoms with E-state index in [1.807, 2.05) is 0 Å². The van der Waals surface area contributed by atoms with Crippen LogP contribution in [0.4, 0.5) is 0 Å². The molecule has 0 bridgehead atoms. The predicted molar refractivity (Wildman–Crippen MR) is 48.0 cm³/mol. The number of hydrogen-bond acceptors (Lipinski definition) is 3. The minimum atomic E-state index is 0.305. The largest absolute Gasteiger partial charge is 0.395 e. The van der Waals surface area contributed by atoms with Gasteiger partial charge in [0.15, 0.2) is 0 Å². The standard InChI is InChI=1S/C9H18N2O/c12-5-4-11-6-8-2-1-3-10-9(8)7-11/h8-10,12H,1-7H2. The second-order valence-corrected chi connectivity index (χ2v) is 3.95. The van der Waals surface area contributed by atoms with Crippen molar-refractivity contribution in [2.45, 2.75) is 18.9 Å². The number of β-amino-alcohol motifs (C(OH)–C–C–N with tert-alkyl or cyclic N) is 1. The smallest absolute Gasteiger partial charge is 0.0558 e. The van der Waals surface area contributed by atoms with Crippen molar-refractivity contribution in [3.8, 4) is 0 Å². The number of nitrogens with zero attached hydrogens (tertiary/aromatic N) is 1. The van der Waals surface area contributed by atoms with Gasteiger partial charge in [-0.2, -0.15) is 0 Å². The normalized spacial score (nSPS) is 36.8. The van der Waals surface area contributed by atoms with Crippen LogP contribution < -0.4 is 5.32 Å². The highest BCUT2D eigenvalue weighted by Gasteiger charge is 2.33. The van der Waals surface area contributed by atoms with E-state index in [1.165, 1.54) is 25.9 Å². The fourth-order valence-electron chi connectivity index (χ4n) is 2.46. The number of fused-ring (bicyclic) bond motifs is 1. The quantitative estimate of drug-likeness (QED) is 0.595. The summed E-state index contributed by atoms with van der Waals surface area (Å²) in [6.45, 7) is 4.69. The van der Waals surface area contributed by atoms with Gasteiger partial charge in [-0.15, -0.1) is 0 Å². The molecule has 3 heteroatoms. The van der Waals surface area contributed by atoms with E-state index in [0.717, 1.165) is 19.0 Å². The van der Waals surface area contributed by atoms with E-state index in [4.69, 9.17) is 5.11 Å². The number of aliphatic hydroxyl groups is 1. The molecule has 2 N–H and O–H groups in total. The second-order valence-electron chi connectivity index (χ2n) is 3.95. The summed E-state index contributed by atoms with van der Waals surface area (Å²) in [4.78, 5) is 2.37. The molecule has 2 fully saturated rings. The van der Waals surface area contributed by atoms with Gasteiger partial charge in [-0.3, -0.25) is 4.90 Å². The van der Waals surface area contributed by atoms with Crippen molar-refractivity contribution in [1.82, 2.24) is 10.2 Å². The fraction of sp³-hybridized carbons (Fsp3) is 1.00. The van der Waals surface area contributed by atoms with Crippen LogP contribution in [0.15, 0.2) is 0 Å². The van der Waals surface area contributed by atoms with Gasteiger partial charge in [0.1, 0.15) is 0 Å². The average molecular weight is 170 g/mol. The lowest BCUT2D eigenvalue weighted by atomic mass is 9.94. The van der Waals surface area contributed by atoms with Gasteiger partial charge >= 0.3 is 0 Å². The van der Waals surface area contributed by atoms with Gasteiger partial charge in [0, 0.05) is 25.7 Å². The Kier molecular flexibility index (Phi) is 2.63. The van der Waals surface area contributed by atoms with E-state index in [0.29, 0.717) is 12.6 Å². The number of piperidine rings is 1. The van der Waals surface area contributed by atoms with Crippen LogP contribution in [-0.2, 0) is 0 Å². The van der Waals surface area contributed by atoms with Crippen molar-refractivity contribution in [3.63, 3.8) is 0 Å². The summed E-state index contributed by atoms with van der Waals surface area (Å²) in [6.07, 6.45) is 2.70. The summed E-state index contributed by atoms with van der Waals surface area (Å²) >= 11 is 0. The number of aliphatic hydroxyl groups excluding tert-OH is 1.